The van der Waals surface area contributed by atoms with E-state index in [0.29, 0.717) is 12.4 Å². The van der Waals surface area contributed by atoms with Crippen LogP contribution < -0.4 is 10.1 Å². The largest absolute Gasteiger partial charge is 0.494 e. The molecule has 142 valence electrons. The fraction of sp³-hybridized carbons (Fsp3) is 0.200. The Bertz CT molecular complexity index is 834. The average molecular weight is 375 g/mol. The summed E-state index contributed by atoms with van der Waals surface area (Å²) < 4.78 is 36.9. The highest BCUT2D eigenvalue weighted by atomic mass is 19.1. The summed E-state index contributed by atoms with van der Waals surface area (Å²) in [6.07, 6.45) is 1.50. The van der Waals surface area contributed by atoms with Crippen molar-refractivity contribution in [2.24, 2.45) is 0 Å². The Balaban J connectivity index is 1.90. The third kappa shape index (κ3) is 6.22. The predicted octanol–water partition coefficient (Wildman–Crippen LogP) is 3.95. The van der Waals surface area contributed by atoms with Crippen molar-refractivity contribution in [2.45, 2.75) is 20.0 Å². The van der Waals surface area contributed by atoms with Crippen LogP contribution in [0.5, 0.6) is 5.75 Å². The number of esters is 1. The molecular weight excluding hydrogens is 356 g/mol. The monoisotopic (exact) mass is 375 g/mol. The van der Waals surface area contributed by atoms with Gasteiger partial charge >= 0.3 is 5.97 Å². The molecule has 1 unspecified atom stereocenters. The van der Waals surface area contributed by atoms with Crippen LogP contribution >= 0.6 is 0 Å². The normalized spacial score (nSPS) is 11.9. The second kappa shape index (κ2) is 9.47. The van der Waals surface area contributed by atoms with E-state index in [0.717, 1.165) is 23.8 Å². The van der Waals surface area contributed by atoms with Gasteiger partial charge in [-0.2, -0.15) is 0 Å². The smallest absolute Gasteiger partial charge is 0.331 e. The lowest BCUT2D eigenvalue weighted by Gasteiger charge is -2.12. The van der Waals surface area contributed by atoms with Gasteiger partial charge in [-0.25, -0.2) is 13.6 Å². The highest BCUT2D eigenvalue weighted by molar-refractivity contribution is 5.96. The van der Waals surface area contributed by atoms with Crippen molar-refractivity contribution >= 4 is 23.6 Å². The van der Waals surface area contributed by atoms with E-state index in [1.165, 1.54) is 19.1 Å². The minimum Gasteiger partial charge on any atom is -0.494 e. The molecule has 1 amide bonds. The number of benzene rings is 2. The first kappa shape index (κ1) is 20.1. The molecule has 0 aromatic heterocycles. The standard InChI is InChI=1S/C20H19F2NO4/c1-3-26-16-8-4-14(5-9-16)6-11-19(24)27-13(2)20(25)23-18-12-15(21)7-10-17(18)22/h4-13H,3H2,1-2H3,(H,23,25)/b11-6+. The fourth-order valence-corrected chi connectivity index (χ4v) is 2.10. The summed E-state index contributed by atoms with van der Waals surface area (Å²) in [5, 5.41) is 2.18. The summed E-state index contributed by atoms with van der Waals surface area (Å²) in [6, 6.07) is 9.71. The molecule has 0 aliphatic heterocycles. The van der Waals surface area contributed by atoms with Crippen molar-refractivity contribution in [2.75, 3.05) is 11.9 Å². The fourth-order valence-electron chi connectivity index (χ4n) is 2.10. The maximum atomic E-state index is 13.5. The summed E-state index contributed by atoms with van der Waals surface area (Å²) in [4.78, 5) is 23.8. The number of carbonyl (C=O) groups excluding carboxylic acids is 2. The van der Waals surface area contributed by atoms with Gasteiger partial charge in [0.1, 0.15) is 17.4 Å². The number of hydrogen-bond acceptors (Lipinski definition) is 4. The molecule has 0 saturated heterocycles. The molecule has 5 nitrogen and oxygen atoms in total. The number of hydrogen-bond donors (Lipinski definition) is 1. The van der Waals surface area contributed by atoms with Crippen LogP contribution in [0.2, 0.25) is 0 Å². The Kier molecular flexibility index (Phi) is 7.05. The van der Waals surface area contributed by atoms with Gasteiger partial charge in [-0.1, -0.05) is 12.1 Å². The number of halogens is 2. The lowest BCUT2D eigenvalue weighted by atomic mass is 10.2. The van der Waals surface area contributed by atoms with E-state index < -0.39 is 29.6 Å². The van der Waals surface area contributed by atoms with Gasteiger partial charge in [-0.05, 0) is 49.8 Å². The molecular formula is C20H19F2NO4. The number of carbonyl (C=O) groups is 2. The van der Waals surface area contributed by atoms with Crippen LogP contribution in [0.1, 0.15) is 19.4 Å². The van der Waals surface area contributed by atoms with Crippen molar-refractivity contribution in [3.8, 4) is 5.75 Å². The number of anilines is 1. The number of nitrogens with one attached hydrogen (secondary N) is 1. The van der Waals surface area contributed by atoms with Crippen molar-refractivity contribution in [3.63, 3.8) is 0 Å². The first-order valence-electron chi connectivity index (χ1n) is 8.26. The molecule has 1 N–H and O–H groups in total. The molecule has 0 aliphatic rings. The van der Waals surface area contributed by atoms with E-state index in [9.17, 15) is 18.4 Å². The van der Waals surface area contributed by atoms with Gasteiger partial charge in [0.05, 0.1) is 12.3 Å². The SMILES string of the molecule is CCOc1ccc(/C=C/C(=O)OC(C)C(=O)Nc2cc(F)ccc2F)cc1. The van der Waals surface area contributed by atoms with Crippen LogP contribution in [-0.4, -0.2) is 24.6 Å². The van der Waals surface area contributed by atoms with Gasteiger partial charge in [0, 0.05) is 12.1 Å². The van der Waals surface area contributed by atoms with E-state index in [4.69, 9.17) is 9.47 Å². The highest BCUT2D eigenvalue weighted by Gasteiger charge is 2.18. The van der Waals surface area contributed by atoms with Crippen LogP contribution in [0.4, 0.5) is 14.5 Å². The van der Waals surface area contributed by atoms with E-state index in [2.05, 4.69) is 5.32 Å². The molecule has 2 aromatic rings. The quantitative estimate of drug-likeness (QED) is 0.588. The van der Waals surface area contributed by atoms with Crippen molar-refractivity contribution < 1.29 is 27.8 Å². The zero-order chi connectivity index (χ0) is 19.8. The van der Waals surface area contributed by atoms with Gasteiger partial charge in [0.25, 0.3) is 5.91 Å². The first-order chi connectivity index (χ1) is 12.9. The third-order valence-electron chi connectivity index (χ3n) is 3.45. The summed E-state index contributed by atoms with van der Waals surface area (Å²) in [5.74, 6) is -2.30. The van der Waals surface area contributed by atoms with Crippen LogP contribution in [0.15, 0.2) is 48.5 Å². The molecule has 7 heteroatoms. The lowest BCUT2D eigenvalue weighted by Crippen LogP contribution is -2.29. The molecule has 0 aliphatic carbocycles. The predicted molar refractivity (Wildman–Crippen MR) is 97.2 cm³/mol. The number of ether oxygens (including phenoxy) is 2. The van der Waals surface area contributed by atoms with E-state index in [-0.39, 0.29) is 5.69 Å². The van der Waals surface area contributed by atoms with E-state index >= 15 is 0 Å². The summed E-state index contributed by atoms with van der Waals surface area (Å²) >= 11 is 0. The van der Waals surface area contributed by atoms with Gasteiger partial charge < -0.3 is 14.8 Å². The van der Waals surface area contributed by atoms with Gasteiger partial charge in [-0.15, -0.1) is 0 Å². The number of rotatable bonds is 7. The Hall–Kier alpha value is -3.22. The second-order valence-corrected chi connectivity index (χ2v) is 5.53. The van der Waals surface area contributed by atoms with E-state index in [1.54, 1.807) is 24.3 Å². The lowest BCUT2D eigenvalue weighted by molar-refractivity contribution is -0.148. The molecule has 1 atom stereocenters. The minimum atomic E-state index is -1.19. The Labute approximate surface area is 155 Å². The Morgan fingerprint density at radius 2 is 1.85 bits per heavy atom. The second-order valence-electron chi connectivity index (χ2n) is 5.53. The van der Waals surface area contributed by atoms with Gasteiger partial charge in [-0.3, -0.25) is 4.79 Å². The minimum absolute atomic E-state index is 0.326. The third-order valence-corrected chi connectivity index (χ3v) is 3.45. The molecule has 0 heterocycles. The summed E-state index contributed by atoms with van der Waals surface area (Å²) in [6.45, 7) is 3.76. The maximum absolute atomic E-state index is 13.5. The van der Waals surface area contributed by atoms with Crippen LogP contribution in [0, 0.1) is 11.6 Å². The molecule has 0 bridgehead atoms. The molecule has 2 rings (SSSR count). The topological polar surface area (TPSA) is 64.6 Å². The highest BCUT2D eigenvalue weighted by Crippen LogP contribution is 2.16. The summed E-state index contributed by atoms with van der Waals surface area (Å²) in [5.41, 5.74) is 0.419. The van der Waals surface area contributed by atoms with Gasteiger partial charge in [0.15, 0.2) is 6.10 Å². The van der Waals surface area contributed by atoms with Crippen LogP contribution in [0.3, 0.4) is 0 Å². The van der Waals surface area contributed by atoms with Crippen LogP contribution in [-0.2, 0) is 14.3 Å². The maximum Gasteiger partial charge on any atom is 0.331 e. The molecule has 0 saturated carbocycles. The van der Waals surface area contributed by atoms with Crippen molar-refractivity contribution in [3.05, 3.63) is 65.7 Å². The van der Waals surface area contributed by atoms with E-state index in [1.807, 2.05) is 6.92 Å². The average Bonchev–Trinajstić information content (AvgIpc) is 2.64. The van der Waals surface area contributed by atoms with Crippen LogP contribution in [0.25, 0.3) is 6.08 Å². The molecule has 27 heavy (non-hydrogen) atoms. The first-order valence-corrected chi connectivity index (χ1v) is 8.26. The number of amides is 1. The molecule has 2 aromatic carbocycles. The summed E-state index contributed by atoms with van der Waals surface area (Å²) in [7, 11) is 0. The van der Waals surface area contributed by atoms with Crippen molar-refractivity contribution in [1.29, 1.82) is 0 Å². The van der Waals surface area contributed by atoms with Gasteiger partial charge in [0.2, 0.25) is 0 Å². The molecule has 0 radical (unpaired) electrons. The molecule has 0 fully saturated rings. The Morgan fingerprint density at radius 3 is 2.52 bits per heavy atom. The Morgan fingerprint density at radius 1 is 1.15 bits per heavy atom. The molecule has 0 spiro atoms. The zero-order valence-electron chi connectivity index (χ0n) is 14.9. The zero-order valence-corrected chi connectivity index (χ0v) is 14.9. The van der Waals surface area contributed by atoms with Crippen molar-refractivity contribution in [1.82, 2.24) is 0 Å².